The Morgan fingerprint density at radius 3 is 2.86 bits per heavy atom. The van der Waals surface area contributed by atoms with Gasteiger partial charge in [-0.15, -0.1) is 11.8 Å². The zero-order valence-corrected chi connectivity index (χ0v) is 15.4. The van der Waals surface area contributed by atoms with Crippen molar-refractivity contribution in [2.45, 2.75) is 50.8 Å². The molecule has 124 valence electrons. The molecule has 22 heavy (non-hydrogen) atoms. The Morgan fingerprint density at radius 1 is 1.41 bits per heavy atom. The zero-order valence-electron chi connectivity index (χ0n) is 13.1. The van der Waals surface area contributed by atoms with Crippen LogP contribution in [0.4, 0.5) is 0 Å². The number of carbonyl (C=O) groups is 1. The number of unbranched alkanes of at least 4 members (excludes halogenated alkanes) is 1. The molecule has 1 heterocycles. The van der Waals surface area contributed by atoms with Crippen molar-refractivity contribution < 1.29 is 9.53 Å². The van der Waals surface area contributed by atoms with E-state index >= 15 is 0 Å². The number of carbonyl (C=O) groups excluding carboxylic acids is 1. The SMILES string of the molecule is CCCCC(CC)COC(=O)CCSc1ccnc(Cl)c1Cl. The van der Waals surface area contributed by atoms with Gasteiger partial charge < -0.3 is 4.74 Å². The van der Waals surface area contributed by atoms with Gasteiger partial charge in [0.25, 0.3) is 0 Å². The van der Waals surface area contributed by atoms with E-state index in [0.717, 1.165) is 17.7 Å². The van der Waals surface area contributed by atoms with Gasteiger partial charge in [0.05, 0.1) is 18.1 Å². The fraction of sp³-hybridized carbons (Fsp3) is 0.625. The molecule has 0 saturated carbocycles. The van der Waals surface area contributed by atoms with E-state index in [1.54, 1.807) is 12.3 Å². The van der Waals surface area contributed by atoms with Gasteiger partial charge in [-0.05, 0) is 18.4 Å². The van der Waals surface area contributed by atoms with Crippen LogP contribution in [0, 0.1) is 5.92 Å². The summed E-state index contributed by atoms with van der Waals surface area (Å²) in [6.45, 7) is 4.84. The molecule has 0 aliphatic carbocycles. The van der Waals surface area contributed by atoms with Gasteiger partial charge in [0.15, 0.2) is 0 Å². The third-order valence-electron chi connectivity index (χ3n) is 3.40. The van der Waals surface area contributed by atoms with E-state index in [0.29, 0.717) is 29.7 Å². The number of esters is 1. The molecule has 1 atom stereocenters. The lowest BCUT2D eigenvalue weighted by Crippen LogP contribution is -2.14. The lowest BCUT2D eigenvalue weighted by Gasteiger charge is -2.14. The molecule has 1 rings (SSSR count). The minimum Gasteiger partial charge on any atom is -0.465 e. The van der Waals surface area contributed by atoms with Crippen LogP contribution in [-0.2, 0) is 9.53 Å². The standard InChI is InChI=1S/C16H23Cl2NO2S/c1-3-5-6-12(4-2)11-21-14(20)8-10-22-13-7-9-19-16(18)15(13)17/h7,9,12H,3-6,8,10-11H2,1-2H3. The number of rotatable bonds is 10. The summed E-state index contributed by atoms with van der Waals surface area (Å²) in [4.78, 5) is 16.5. The topological polar surface area (TPSA) is 39.2 Å². The number of thioether (sulfide) groups is 1. The van der Waals surface area contributed by atoms with Crippen molar-refractivity contribution in [2.24, 2.45) is 5.92 Å². The zero-order chi connectivity index (χ0) is 16.4. The van der Waals surface area contributed by atoms with Crippen LogP contribution in [0.25, 0.3) is 0 Å². The predicted octanol–water partition coefficient (Wildman–Crippen LogP) is 5.63. The van der Waals surface area contributed by atoms with Gasteiger partial charge in [0.2, 0.25) is 0 Å². The quantitative estimate of drug-likeness (QED) is 0.306. The number of ether oxygens (including phenoxy) is 1. The Labute approximate surface area is 147 Å². The molecule has 1 unspecified atom stereocenters. The first kappa shape index (κ1) is 19.6. The molecular formula is C16H23Cl2NO2S. The van der Waals surface area contributed by atoms with Gasteiger partial charge in [-0.2, -0.15) is 0 Å². The fourth-order valence-corrected chi connectivity index (χ4v) is 3.30. The summed E-state index contributed by atoms with van der Waals surface area (Å²) in [5, 5.41) is 0.726. The van der Waals surface area contributed by atoms with E-state index in [4.69, 9.17) is 27.9 Å². The van der Waals surface area contributed by atoms with Gasteiger partial charge in [-0.3, -0.25) is 4.79 Å². The fourth-order valence-electron chi connectivity index (χ4n) is 1.94. The summed E-state index contributed by atoms with van der Waals surface area (Å²) < 4.78 is 5.36. The van der Waals surface area contributed by atoms with Crippen molar-refractivity contribution in [3.05, 3.63) is 22.4 Å². The molecule has 1 aromatic heterocycles. The molecule has 3 nitrogen and oxygen atoms in total. The van der Waals surface area contributed by atoms with Gasteiger partial charge in [-0.25, -0.2) is 4.98 Å². The van der Waals surface area contributed by atoms with Crippen molar-refractivity contribution in [1.82, 2.24) is 4.98 Å². The van der Waals surface area contributed by atoms with Crippen molar-refractivity contribution in [1.29, 1.82) is 0 Å². The summed E-state index contributed by atoms with van der Waals surface area (Å²) in [6.07, 6.45) is 6.51. The van der Waals surface area contributed by atoms with Crippen molar-refractivity contribution in [3.63, 3.8) is 0 Å². The molecule has 0 fully saturated rings. The number of hydrogen-bond acceptors (Lipinski definition) is 4. The van der Waals surface area contributed by atoms with Crippen LogP contribution in [-0.4, -0.2) is 23.3 Å². The molecule has 0 radical (unpaired) electrons. The molecule has 0 N–H and O–H groups in total. The first-order valence-electron chi connectivity index (χ1n) is 7.66. The van der Waals surface area contributed by atoms with Crippen LogP contribution < -0.4 is 0 Å². The van der Waals surface area contributed by atoms with Crippen molar-refractivity contribution in [2.75, 3.05) is 12.4 Å². The molecular weight excluding hydrogens is 341 g/mol. The maximum atomic E-state index is 11.8. The minimum atomic E-state index is -0.154. The molecule has 0 saturated heterocycles. The third-order valence-corrected chi connectivity index (χ3v) is 5.34. The Bertz CT molecular complexity index is 471. The van der Waals surface area contributed by atoms with E-state index < -0.39 is 0 Å². The summed E-state index contributed by atoms with van der Waals surface area (Å²) in [5.74, 6) is 0.939. The molecule has 0 bridgehead atoms. The average Bonchev–Trinajstić information content (AvgIpc) is 2.51. The monoisotopic (exact) mass is 363 g/mol. The van der Waals surface area contributed by atoms with E-state index in [-0.39, 0.29) is 11.1 Å². The highest BCUT2D eigenvalue weighted by Gasteiger charge is 2.11. The van der Waals surface area contributed by atoms with Crippen LogP contribution >= 0.6 is 35.0 Å². The van der Waals surface area contributed by atoms with Crippen LogP contribution in [0.1, 0.15) is 46.0 Å². The van der Waals surface area contributed by atoms with E-state index in [2.05, 4.69) is 18.8 Å². The molecule has 0 amide bonds. The molecule has 0 aromatic carbocycles. The normalized spacial score (nSPS) is 12.2. The second-order valence-electron chi connectivity index (χ2n) is 5.11. The van der Waals surface area contributed by atoms with Gasteiger partial charge in [0, 0.05) is 16.8 Å². The largest absolute Gasteiger partial charge is 0.465 e. The first-order chi connectivity index (χ1) is 10.6. The summed E-state index contributed by atoms with van der Waals surface area (Å²) >= 11 is 13.4. The predicted molar refractivity (Wildman–Crippen MR) is 93.9 cm³/mol. The second-order valence-corrected chi connectivity index (χ2v) is 6.98. The summed E-state index contributed by atoms with van der Waals surface area (Å²) in [7, 11) is 0. The minimum absolute atomic E-state index is 0.154. The highest BCUT2D eigenvalue weighted by atomic mass is 35.5. The average molecular weight is 364 g/mol. The van der Waals surface area contributed by atoms with E-state index in [1.165, 1.54) is 24.6 Å². The van der Waals surface area contributed by atoms with Crippen LogP contribution in [0.3, 0.4) is 0 Å². The highest BCUT2D eigenvalue weighted by molar-refractivity contribution is 7.99. The van der Waals surface area contributed by atoms with Gasteiger partial charge >= 0.3 is 5.97 Å². The molecule has 6 heteroatoms. The lowest BCUT2D eigenvalue weighted by atomic mass is 10.0. The maximum absolute atomic E-state index is 11.8. The number of nitrogens with zero attached hydrogens (tertiary/aromatic N) is 1. The Kier molecular flexibility index (Phi) is 9.92. The number of aromatic nitrogens is 1. The summed E-state index contributed by atoms with van der Waals surface area (Å²) in [5.41, 5.74) is 0. The van der Waals surface area contributed by atoms with Crippen LogP contribution in [0.2, 0.25) is 10.2 Å². The molecule has 0 aliphatic heterocycles. The number of hydrogen-bond donors (Lipinski definition) is 0. The van der Waals surface area contributed by atoms with E-state index in [1.807, 2.05) is 0 Å². The number of pyridine rings is 1. The molecule has 1 aromatic rings. The lowest BCUT2D eigenvalue weighted by molar-refractivity contribution is -0.144. The Hall–Kier alpha value is -0.450. The Morgan fingerprint density at radius 2 is 2.18 bits per heavy atom. The second kappa shape index (κ2) is 11.1. The Balaban J connectivity index is 2.27. The smallest absolute Gasteiger partial charge is 0.306 e. The van der Waals surface area contributed by atoms with Crippen molar-refractivity contribution in [3.8, 4) is 0 Å². The number of halogens is 2. The third kappa shape index (κ3) is 7.21. The van der Waals surface area contributed by atoms with Crippen LogP contribution in [0.5, 0.6) is 0 Å². The molecule has 0 spiro atoms. The molecule has 0 aliphatic rings. The first-order valence-corrected chi connectivity index (χ1v) is 9.41. The maximum Gasteiger partial charge on any atom is 0.306 e. The summed E-state index contributed by atoms with van der Waals surface area (Å²) in [6, 6.07) is 1.79. The van der Waals surface area contributed by atoms with Crippen LogP contribution in [0.15, 0.2) is 17.2 Å². The van der Waals surface area contributed by atoms with Crippen molar-refractivity contribution >= 4 is 40.9 Å². The van der Waals surface area contributed by atoms with E-state index in [9.17, 15) is 4.79 Å². The highest BCUT2D eigenvalue weighted by Crippen LogP contribution is 2.31. The van der Waals surface area contributed by atoms with Gasteiger partial charge in [0.1, 0.15) is 5.15 Å². The van der Waals surface area contributed by atoms with Gasteiger partial charge in [-0.1, -0.05) is 56.3 Å².